The molecule has 1 amide bonds. The van der Waals surface area contributed by atoms with Crippen LogP contribution >= 0.6 is 11.6 Å². The molecule has 1 heterocycles. The largest absolute Gasteiger partial charge is 0.396 e. The summed E-state index contributed by atoms with van der Waals surface area (Å²) in [5.41, 5.74) is 5.83. The van der Waals surface area contributed by atoms with Gasteiger partial charge in [0.05, 0.1) is 10.6 Å². The molecule has 0 aromatic carbocycles. The van der Waals surface area contributed by atoms with Crippen molar-refractivity contribution in [3.05, 3.63) is 22.8 Å². The smallest absolute Gasteiger partial charge is 0.253 e. The standard InChI is InChI=1S/C11H16ClN3O2/c1-7(3-2-4-16)15-11(17)8-5-9(12)10(13)14-6-8/h5-7,16H,2-4H2,1H3,(H2,13,14)(H,15,17). The Bertz CT molecular complexity index is 398. The van der Waals surface area contributed by atoms with Crippen molar-refractivity contribution in [2.24, 2.45) is 0 Å². The molecule has 4 N–H and O–H groups in total. The van der Waals surface area contributed by atoms with Crippen LogP contribution in [0.15, 0.2) is 12.3 Å². The fourth-order valence-corrected chi connectivity index (χ4v) is 1.52. The van der Waals surface area contributed by atoms with Gasteiger partial charge >= 0.3 is 0 Å². The molecule has 1 aromatic rings. The lowest BCUT2D eigenvalue weighted by Gasteiger charge is -2.13. The van der Waals surface area contributed by atoms with Gasteiger partial charge in [-0.3, -0.25) is 4.79 Å². The van der Waals surface area contributed by atoms with Gasteiger partial charge in [0.15, 0.2) is 0 Å². The molecule has 0 aliphatic carbocycles. The maximum atomic E-state index is 11.8. The number of nitrogens with two attached hydrogens (primary N) is 1. The molecule has 0 saturated heterocycles. The van der Waals surface area contributed by atoms with E-state index in [0.717, 1.165) is 6.42 Å². The molecule has 1 rings (SSSR count). The highest BCUT2D eigenvalue weighted by Crippen LogP contribution is 2.16. The Morgan fingerprint density at radius 3 is 3.00 bits per heavy atom. The number of carbonyl (C=O) groups excluding carboxylic acids is 1. The van der Waals surface area contributed by atoms with Gasteiger partial charge in [-0.1, -0.05) is 11.6 Å². The summed E-state index contributed by atoms with van der Waals surface area (Å²) < 4.78 is 0. The van der Waals surface area contributed by atoms with Crippen LogP contribution in [0.5, 0.6) is 0 Å². The van der Waals surface area contributed by atoms with Crippen LogP contribution in [0.3, 0.4) is 0 Å². The van der Waals surface area contributed by atoms with E-state index in [0.29, 0.717) is 12.0 Å². The zero-order chi connectivity index (χ0) is 12.8. The highest BCUT2D eigenvalue weighted by Gasteiger charge is 2.11. The predicted octanol–water partition coefficient (Wildman–Crippen LogP) is 1.21. The van der Waals surface area contributed by atoms with Crippen LogP contribution < -0.4 is 11.1 Å². The first kappa shape index (κ1) is 13.7. The lowest BCUT2D eigenvalue weighted by molar-refractivity contribution is 0.0936. The molecule has 0 fully saturated rings. The minimum absolute atomic E-state index is 0.00835. The van der Waals surface area contributed by atoms with Crippen LogP contribution in [0, 0.1) is 0 Å². The Morgan fingerprint density at radius 1 is 1.71 bits per heavy atom. The monoisotopic (exact) mass is 257 g/mol. The van der Waals surface area contributed by atoms with E-state index < -0.39 is 0 Å². The highest BCUT2D eigenvalue weighted by atomic mass is 35.5. The van der Waals surface area contributed by atoms with E-state index >= 15 is 0 Å². The molecule has 0 spiro atoms. The molecule has 1 unspecified atom stereocenters. The number of halogens is 1. The minimum Gasteiger partial charge on any atom is -0.396 e. The van der Waals surface area contributed by atoms with E-state index in [2.05, 4.69) is 10.3 Å². The van der Waals surface area contributed by atoms with Crippen LogP contribution in [0.4, 0.5) is 5.82 Å². The van der Waals surface area contributed by atoms with Crippen molar-refractivity contribution in [1.29, 1.82) is 0 Å². The van der Waals surface area contributed by atoms with Crippen molar-refractivity contribution in [3.8, 4) is 0 Å². The third kappa shape index (κ3) is 4.20. The molecule has 6 heteroatoms. The van der Waals surface area contributed by atoms with Crippen molar-refractivity contribution < 1.29 is 9.90 Å². The second kappa shape index (κ2) is 6.42. The number of anilines is 1. The van der Waals surface area contributed by atoms with Gasteiger partial charge in [-0.25, -0.2) is 4.98 Å². The number of aliphatic hydroxyl groups is 1. The summed E-state index contributed by atoms with van der Waals surface area (Å²) in [6, 6.07) is 1.48. The van der Waals surface area contributed by atoms with Crippen molar-refractivity contribution >= 4 is 23.3 Å². The van der Waals surface area contributed by atoms with Crippen molar-refractivity contribution in [2.75, 3.05) is 12.3 Å². The lowest BCUT2D eigenvalue weighted by atomic mass is 10.1. The average molecular weight is 258 g/mol. The van der Waals surface area contributed by atoms with Crippen LogP contribution in [-0.2, 0) is 0 Å². The topological polar surface area (TPSA) is 88.2 Å². The molecular weight excluding hydrogens is 242 g/mol. The molecular formula is C11H16ClN3O2. The quantitative estimate of drug-likeness (QED) is 0.740. The molecule has 0 bridgehead atoms. The normalized spacial score (nSPS) is 12.2. The summed E-state index contributed by atoms with van der Waals surface area (Å²) >= 11 is 5.78. The first-order chi connectivity index (χ1) is 8.04. The van der Waals surface area contributed by atoms with E-state index in [4.69, 9.17) is 22.4 Å². The summed E-state index contributed by atoms with van der Waals surface area (Å²) in [5, 5.41) is 11.7. The summed E-state index contributed by atoms with van der Waals surface area (Å²) in [6.45, 7) is 2.00. The third-order valence-electron chi connectivity index (χ3n) is 2.30. The first-order valence-electron chi connectivity index (χ1n) is 5.37. The fourth-order valence-electron chi connectivity index (χ4n) is 1.35. The van der Waals surface area contributed by atoms with Crippen molar-refractivity contribution in [3.63, 3.8) is 0 Å². The van der Waals surface area contributed by atoms with Gasteiger partial charge in [0.1, 0.15) is 5.82 Å². The third-order valence-corrected chi connectivity index (χ3v) is 2.61. The number of nitrogens with zero attached hydrogens (tertiary/aromatic N) is 1. The molecule has 94 valence electrons. The molecule has 0 saturated carbocycles. The van der Waals surface area contributed by atoms with Gasteiger partial charge in [0.2, 0.25) is 0 Å². The zero-order valence-corrected chi connectivity index (χ0v) is 10.4. The van der Waals surface area contributed by atoms with E-state index in [1.54, 1.807) is 0 Å². The maximum Gasteiger partial charge on any atom is 0.253 e. The van der Waals surface area contributed by atoms with Gasteiger partial charge in [0, 0.05) is 18.8 Å². The van der Waals surface area contributed by atoms with E-state index in [9.17, 15) is 4.79 Å². The maximum absolute atomic E-state index is 11.8. The Hall–Kier alpha value is -1.33. The first-order valence-corrected chi connectivity index (χ1v) is 5.75. The number of nitrogen functional groups attached to an aromatic ring is 1. The average Bonchev–Trinajstić information content (AvgIpc) is 2.30. The Kier molecular flexibility index (Phi) is 5.18. The molecule has 1 atom stereocenters. The summed E-state index contributed by atoms with van der Waals surface area (Å²) in [5.74, 6) is -0.0404. The van der Waals surface area contributed by atoms with Gasteiger partial charge < -0.3 is 16.2 Å². The van der Waals surface area contributed by atoms with Crippen LogP contribution in [-0.4, -0.2) is 28.6 Å². The SMILES string of the molecule is CC(CCCO)NC(=O)c1cnc(N)c(Cl)c1. The summed E-state index contributed by atoms with van der Waals surface area (Å²) in [7, 11) is 0. The number of aromatic nitrogens is 1. The van der Waals surface area contributed by atoms with Gasteiger partial charge in [-0.2, -0.15) is 0 Å². The molecule has 0 radical (unpaired) electrons. The van der Waals surface area contributed by atoms with Crippen LogP contribution in [0.1, 0.15) is 30.1 Å². The van der Waals surface area contributed by atoms with Crippen molar-refractivity contribution in [1.82, 2.24) is 10.3 Å². The van der Waals surface area contributed by atoms with Crippen LogP contribution in [0.25, 0.3) is 0 Å². The Labute approximate surface area is 105 Å². The second-order valence-corrected chi connectivity index (χ2v) is 4.24. The van der Waals surface area contributed by atoms with Crippen LogP contribution in [0.2, 0.25) is 5.02 Å². The molecule has 17 heavy (non-hydrogen) atoms. The lowest BCUT2D eigenvalue weighted by Crippen LogP contribution is -2.32. The Morgan fingerprint density at radius 2 is 2.41 bits per heavy atom. The Balaban J connectivity index is 2.60. The second-order valence-electron chi connectivity index (χ2n) is 3.83. The highest BCUT2D eigenvalue weighted by molar-refractivity contribution is 6.33. The number of amides is 1. The van der Waals surface area contributed by atoms with E-state index in [1.807, 2.05) is 6.92 Å². The molecule has 5 nitrogen and oxygen atoms in total. The van der Waals surface area contributed by atoms with E-state index in [-0.39, 0.29) is 29.4 Å². The number of nitrogens with one attached hydrogen (secondary N) is 1. The molecule has 1 aromatic heterocycles. The molecule has 0 aliphatic heterocycles. The van der Waals surface area contributed by atoms with Gasteiger partial charge in [-0.15, -0.1) is 0 Å². The molecule has 0 aliphatic rings. The zero-order valence-electron chi connectivity index (χ0n) is 9.61. The van der Waals surface area contributed by atoms with Gasteiger partial charge in [0.25, 0.3) is 5.91 Å². The number of hydrogen-bond donors (Lipinski definition) is 3. The number of aliphatic hydroxyl groups excluding tert-OH is 1. The van der Waals surface area contributed by atoms with E-state index in [1.165, 1.54) is 12.3 Å². The minimum atomic E-state index is -0.246. The fraction of sp³-hybridized carbons (Fsp3) is 0.455. The summed E-state index contributed by atoms with van der Waals surface area (Å²) in [6.07, 6.45) is 2.76. The number of rotatable bonds is 5. The summed E-state index contributed by atoms with van der Waals surface area (Å²) in [4.78, 5) is 15.6. The van der Waals surface area contributed by atoms with Crippen molar-refractivity contribution in [2.45, 2.75) is 25.8 Å². The number of hydrogen-bond acceptors (Lipinski definition) is 4. The van der Waals surface area contributed by atoms with Gasteiger partial charge in [-0.05, 0) is 25.8 Å². The number of pyridine rings is 1. The number of carbonyl (C=O) groups is 1. The predicted molar refractivity (Wildman–Crippen MR) is 66.9 cm³/mol.